The fourth-order valence-corrected chi connectivity index (χ4v) is 7.18. The molecule has 0 aliphatic heterocycles. The van der Waals surface area contributed by atoms with Gasteiger partial charge in [0.05, 0.1) is 8.07 Å². The zero-order chi connectivity index (χ0) is 27.5. The van der Waals surface area contributed by atoms with Gasteiger partial charge in [0, 0.05) is 0 Å². The molecule has 0 amide bonds. The van der Waals surface area contributed by atoms with E-state index in [-0.39, 0.29) is 10.8 Å². The van der Waals surface area contributed by atoms with Crippen LogP contribution in [0.1, 0.15) is 75.8 Å². The van der Waals surface area contributed by atoms with Crippen molar-refractivity contribution in [1.29, 1.82) is 0 Å². The van der Waals surface area contributed by atoms with Gasteiger partial charge in [-0.1, -0.05) is 133 Å². The smallest absolute Gasteiger partial charge is 0.0772 e. The first kappa shape index (κ1) is 26.7. The number of allylic oxidation sites excluding steroid dienone is 4. The van der Waals surface area contributed by atoms with E-state index in [4.69, 9.17) is 0 Å². The molecule has 2 aliphatic carbocycles. The molecule has 0 spiro atoms. The van der Waals surface area contributed by atoms with E-state index in [9.17, 15) is 0 Å². The van der Waals surface area contributed by atoms with Crippen LogP contribution in [0.15, 0.2) is 71.9 Å². The third-order valence-corrected chi connectivity index (χ3v) is 10.2. The minimum atomic E-state index is -1.39. The van der Waals surface area contributed by atoms with Gasteiger partial charge < -0.3 is 0 Å². The molecule has 0 heterocycles. The van der Waals surface area contributed by atoms with Crippen molar-refractivity contribution < 1.29 is 0 Å². The van der Waals surface area contributed by atoms with Crippen LogP contribution in [-0.2, 0) is 17.3 Å². The van der Waals surface area contributed by atoms with Crippen LogP contribution >= 0.6 is 0 Å². The summed E-state index contributed by atoms with van der Waals surface area (Å²) in [5.74, 6) is 0. The maximum absolute atomic E-state index is 2.55. The highest BCUT2D eigenvalue weighted by Gasteiger charge is 2.27. The van der Waals surface area contributed by atoms with E-state index in [2.05, 4.69) is 140 Å². The van der Waals surface area contributed by atoms with Gasteiger partial charge in [0.1, 0.15) is 0 Å². The first-order valence-corrected chi connectivity index (χ1v) is 17.7. The van der Waals surface area contributed by atoms with E-state index in [0.717, 1.165) is 12.8 Å². The predicted molar refractivity (Wildman–Crippen MR) is 169 cm³/mol. The lowest BCUT2D eigenvalue weighted by molar-refractivity contribution is 0.585. The van der Waals surface area contributed by atoms with Crippen LogP contribution in [0.3, 0.4) is 0 Å². The third kappa shape index (κ3) is 5.06. The number of benzene rings is 3. The molecule has 38 heavy (non-hydrogen) atoms. The van der Waals surface area contributed by atoms with Gasteiger partial charge in [-0.2, -0.15) is 0 Å². The highest BCUT2D eigenvalue weighted by atomic mass is 28.3. The molecule has 0 nitrogen and oxygen atoms in total. The van der Waals surface area contributed by atoms with Crippen molar-refractivity contribution in [2.45, 2.75) is 84.9 Å². The fraction of sp³-hybridized carbons (Fsp3) is 0.351. The summed E-state index contributed by atoms with van der Waals surface area (Å²) in [6, 6.07) is 20.5. The minimum absolute atomic E-state index is 0.0326. The molecule has 3 aromatic rings. The summed E-state index contributed by atoms with van der Waals surface area (Å²) in [6.07, 6.45) is 12.0. The molecule has 0 saturated carbocycles. The Kier molecular flexibility index (Phi) is 6.59. The molecule has 5 rings (SSSR count). The summed E-state index contributed by atoms with van der Waals surface area (Å²) in [4.78, 5) is 0. The van der Waals surface area contributed by atoms with E-state index in [1.54, 1.807) is 5.20 Å². The zero-order valence-electron chi connectivity index (χ0n) is 24.9. The van der Waals surface area contributed by atoms with E-state index >= 15 is 0 Å². The summed E-state index contributed by atoms with van der Waals surface area (Å²) >= 11 is 0. The van der Waals surface area contributed by atoms with Crippen molar-refractivity contribution in [1.82, 2.24) is 0 Å². The number of rotatable bonds is 4. The van der Waals surface area contributed by atoms with Gasteiger partial charge in [0.2, 0.25) is 0 Å². The van der Waals surface area contributed by atoms with Crippen molar-refractivity contribution >= 4 is 25.8 Å². The van der Waals surface area contributed by atoms with Gasteiger partial charge in [-0.05, 0) is 90.1 Å². The average molecular weight is 517 g/mol. The lowest BCUT2D eigenvalue weighted by Gasteiger charge is -2.24. The lowest BCUT2D eigenvalue weighted by atomic mass is 9.80. The largest absolute Gasteiger partial charge is 0.0808 e. The Morgan fingerprint density at radius 3 is 2.11 bits per heavy atom. The molecule has 0 atom stereocenters. The molecule has 0 unspecified atom stereocenters. The molecular weight excluding hydrogens is 472 g/mol. The average Bonchev–Trinajstić information content (AvgIpc) is 3.46. The Balaban J connectivity index is 1.88. The first-order chi connectivity index (χ1) is 17.7. The minimum Gasteiger partial charge on any atom is -0.0808 e. The normalized spacial score (nSPS) is 15.7. The molecule has 3 aromatic carbocycles. The third-order valence-electron chi connectivity index (χ3n) is 8.17. The number of hydrogen-bond donors (Lipinski definition) is 0. The first-order valence-electron chi connectivity index (χ1n) is 14.2. The van der Waals surface area contributed by atoms with E-state index in [0.29, 0.717) is 0 Å². The van der Waals surface area contributed by atoms with Crippen LogP contribution in [0.25, 0.3) is 17.7 Å². The zero-order valence-corrected chi connectivity index (χ0v) is 25.9. The van der Waals surface area contributed by atoms with Crippen molar-refractivity contribution in [3.05, 3.63) is 121 Å². The highest BCUT2D eigenvalue weighted by Crippen LogP contribution is 2.35. The monoisotopic (exact) mass is 516 g/mol. The van der Waals surface area contributed by atoms with Gasteiger partial charge in [0.25, 0.3) is 0 Å². The van der Waals surface area contributed by atoms with Crippen LogP contribution in [0.4, 0.5) is 0 Å². The van der Waals surface area contributed by atoms with Crippen LogP contribution in [0, 0.1) is 10.4 Å². The second-order valence-corrected chi connectivity index (χ2v) is 19.4. The molecule has 1 heteroatoms. The van der Waals surface area contributed by atoms with Crippen molar-refractivity contribution in [2.75, 3.05) is 0 Å². The van der Waals surface area contributed by atoms with Crippen molar-refractivity contribution in [2.24, 2.45) is 0 Å². The predicted octanol–water partition coefficient (Wildman–Crippen LogP) is 8.32. The maximum Gasteiger partial charge on any atom is 0.0772 e. The van der Waals surface area contributed by atoms with E-state index in [1.807, 2.05) is 0 Å². The number of fused-ring (bicyclic) bond motifs is 2. The molecular formula is C37H44Si. The molecule has 196 valence electrons. The van der Waals surface area contributed by atoms with Gasteiger partial charge in [-0.3, -0.25) is 0 Å². The quantitative estimate of drug-likeness (QED) is 0.239. The highest BCUT2D eigenvalue weighted by molar-refractivity contribution is 6.84. The van der Waals surface area contributed by atoms with E-state index < -0.39 is 8.07 Å². The fourth-order valence-electron chi connectivity index (χ4n) is 5.86. The summed E-state index contributed by atoms with van der Waals surface area (Å²) in [6.45, 7) is 21.5. The topological polar surface area (TPSA) is 0 Å². The van der Waals surface area contributed by atoms with E-state index in [1.165, 1.54) is 54.3 Å². The van der Waals surface area contributed by atoms with Crippen molar-refractivity contribution in [3.63, 3.8) is 0 Å². The van der Waals surface area contributed by atoms with Crippen LogP contribution < -0.4 is 10.4 Å². The lowest BCUT2D eigenvalue weighted by Crippen LogP contribution is -2.27. The van der Waals surface area contributed by atoms with Crippen LogP contribution in [-0.4, -0.2) is 8.07 Å². The SMILES string of the molecule is CC(C)(C)c1ccc2c(c1)=c1cc(C(C)(C)C)c(=CCc3ccccc3)c(C3=CC([Si](C)(C)C)=CC3)c1C=2. The Hall–Kier alpha value is -2.90. The summed E-state index contributed by atoms with van der Waals surface area (Å²) in [7, 11) is -1.39. The van der Waals surface area contributed by atoms with Gasteiger partial charge in [-0.25, -0.2) is 0 Å². The Bertz CT molecular complexity index is 1680. The van der Waals surface area contributed by atoms with Gasteiger partial charge in [-0.15, -0.1) is 0 Å². The molecule has 0 N–H and O–H groups in total. The maximum atomic E-state index is 2.55. The summed E-state index contributed by atoms with van der Waals surface area (Å²) in [5.41, 5.74) is 8.74. The van der Waals surface area contributed by atoms with Crippen LogP contribution in [0.2, 0.25) is 19.6 Å². The standard InChI is InChI=1S/C37H44Si/c1-36(2,3)28-18-16-26-22-33-32(31(26)23-28)24-34(37(4,5)6)30(20-15-25-13-11-10-12-14-25)35(33)27-17-19-29(21-27)38(7,8)9/h10-14,16,18-24H,15,17H2,1-9H3. The molecule has 0 radical (unpaired) electrons. The molecule has 2 aliphatic rings. The molecule has 0 fully saturated rings. The Morgan fingerprint density at radius 1 is 0.789 bits per heavy atom. The van der Waals surface area contributed by atoms with Crippen LogP contribution in [0.5, 0.6) is 0 Å². The molecule has 0 aromatic heterocycles. The van der Waals surface area contributed by atoms with Gasteiger partial charge in [0.15, 0.2) is 0 Å². The Morgan fingerprint density at radius 2 is 1.50 bits per heavy atom. The molecule has 0 bridgehead atoms. The van der Waals surface area contributed by atoms with Crippen molar-refractivity contribution in [3.8, 4) is 0 Å². The summed E-state index contributed by atoms with van der Waals surface area (Å²) in [5, 5.41) is 7.17. The summed E-state index contributed by atoms with van der Waals surface area (Å²) < 4.78 is 0. The second-order valence-electron chi connectivity index (χ2n) is 14.3. The molecule has 0 saturated heterocycles. The Labute approximate surface area is 230 Å². The number of hydrogen-bond acceptors (Lipinski definition) is 0. The second kappa shape index (κ2) is 9.38. The van der Waals surface area contributed by atoms with Gasteiger partial charge >= 0.3 is 0 Å².